The fourth-order valence-electron chi connectivity index (χ4n) is 1.16. The maximum Gasteiger partial charge on any atom is 0.0267 e. The van der Waals surface area contributed by atoms with Crippen LogP contribution < -0.4 is 11.1 Å². The molecule has 13 heavy (non-hydrogen) atoms. The number of hydrogen-bond donors (Lipinski definition) is 2. The normalized spacial score (nSPS) is 17.3. The first-order valence-corrected chi connectivity index (χ1v) is 4.71. The molecule has 0 atom stereocenters. The van der Waals surface area contributed by atoms with Crippen molar-refractivity contribution in [2.45, 2.75) is 18.9 Å². The average molecular weight is 179 g/mol. The third-order valence-corrected chi connectivity index (χ3v) is 1.95. The standard InChI is InChI=1S/C5H12N2.C5H5N/c6-5-1-3-7-4-2-5;1-2-4-6-5-3-1/h5,7H,1-4,6H2;1-5H. The molecule has 1 aromatic heterocycles. The van der Waals surface area contributed by atoms with Gasteiger partial charge >= 0.3 is 0 Å². The van der Waals surface area contributed by atoms with Crippen LogP contribution in [0.5, 0.6) is 0 Å². The fraction of sp³-hybridized carbons (Fsp3) is 0.500. The average Bonchev–Trinajstić information content (AvgIpc) is 2.22. The molecule has 1 aliphatic heterocycles. The van der Waals surface area contributed by atoms with Gasteiger partial charge in [-0.1, -0.05) is 6.07 Å². The van der Waals surface area contributed by atoms with E-state index in [1.54, 1.807) is 12.4 Å². The number of nitrogens with two attached hydrogens (primary N) is 1. The molecule has 0 bridgehead atoms. The lowest BCUT2D eigenvalue weighted by atomic mass is 10.1. The van der Waals surface area contributed by atoms with E-state index in [1.807, 2.05) is 18.2 Å². The number of nitrogens with one attached hydrogen (secondary N) is 1. The second kappa shape index (κ2) is 6.57. The molecule has 3 N–H and O–H groups in total. The van der Waals surface area contributed by atoms with Gasteiger partial charge in [-0.15, -0.1) is 0 Å². The summed E-state index contributed by atoms with van der Waals surface area (Å²) >= 11 is 0. The third-order valence-electron chi connectivity index (χ3n) is 1.95. The van der Waals surface area contributed by atoms with Gasteiger partial charge in [-0.25, -0.2) is 0 Å². The molecule has 72 valence electrons. The van der Waals surface area contributed by atoms with Crippen molar-refractivity contribution in [3.63, 3.8) is 0 Å². The molecule has 0 unspecified atom stereocenters. The van der Waals surface area contributed by atoms with Crippen LogP contribution in [-0.2, 0) is 0 Å². The largest absolute Gasteiger partial charge is 0.328 e. The summed E-state index contributed by atoms with van der Waals surface area (Å²) in [5, 5.41) is 3.24. The van der Waals surface area contributed by atoms with E-state index in [-0.39, 0.29) is 0 Å². The summed E-state index contributed by atoms with van der Waals surface area (Å²) in [6.07, 6.45) is 5.81. The van der Waals surface area contributed by atoms with E-state index in [0.717, 1.165) is 25.9 Å². The van der Waals surface area contributed by atoms with Crippen LogP contribution in [-0.4, -0.2) is 24.1 Å². The second-order valence-electron chi connectivity index (χ2n) is 3.11. The monoisotopic (exact) mass is 179 g/mol. The van der Waals surface area contributed by atoms with Crippen molar-refractivity contribution in [2.75, 3.05) is 13.1 Å². The quantitative estimate of drug-likeness (QED) is 0.618. The zero-order chi connectivity index (χ0) is 9.36. The molecule has 0 radical (unpaired) electrons. The van der Waals surface area contributed by atoms with Crippen LogP contribution in [0.1, 0.15) is 12.8 Å². The fourth-order valence-corrected chi connectivity index (χ4v) is 1.16. The Hall–Kier alpha value is -0.930. The minimum Gasteiger partial charge on any atom is -0.328 e. The topological polar surface area (TPSA) is 50.9 Å². The Kier molecular flexibility index (Phi) is 5.13. The number of aromatic nitrogens is 1. The lowest BCUT2D eigenvalue weighted by molar-refractivity contribution is 0.458. The van der Waals surface area contributed by atoms with Crippen molar-refractivity contribution in [3.8, 4) is 0 Å². The molecular formula is C10H17N3. The molecule has 1 aliphatic rings. The molecule has 0 saturated carbocycles. The summed E-state index contributed by atoms with van der Waals surface area (Å²) in [5.41, 5.74) is 5.59. The zero-order valence-corrected chi connectivity index (χ0v) is 7.82. The molecule has 3 nitrogen and oxygen atoms in total. The van der Waals surface area contributed by atoms with E-state index in [2.05, 4.69) is 10.3 Å². The second-order valence-corrected chi connectivity index (χ2v) is 3.11. The Morgan fingerprint density at radius 2 is 1.69 bits per heavy atom. The van der Waals surface area contributed by atoms with Crippen molar-refractivity contribution >= 4 is 0 Å². The molecule has 0 spiro atoms. The van der Waals surface area contributed by atoms with Gasteiger partial charge in [0.15, 0.2) is 0 Å². The van der Waals surface area contributed by atoms with Gasteiger partial charge in [-0.3, -0.25) is 4.98 Å². The first-order chi connectivity index (χ1) is 6.39. The summed E-state index contributed by atoms with van der Waals surface area (Å²) in [5.74, 6) is 0. The molecule has 2 heterocycles. The summed E-state index contributed by atoms with van der Waals surface area (Å²) in [4.78, 5) is 3.78. The number of hydrogen-bond acceptors (Lipinski definition) is 3. The van der Waals surface area contributed by atoms with Gasteiger partial charge in [0.1, 0.15) is 0 Å². The van der Waals surface area contributed by atoms with Crippen molar-refractivity contribution in [2.24, 2.45) is 5.73 Å². The van der Waals surface area contributed by atoms with E-state index < -0.39 is 0 Å². The predicted octanol–water partition coefficient (Wildman–Crippen LogP) is 0.779. The van der Waals surface area contributed by atoms with Crippen LogP contribution in [0.2, 0.25) is 0 Å². The lowest BCUT2D eigenvalue weighted by Crippen LogP contribution is -2.35. The van der Waals surface area contributed by atoms with Crippen LogP contribution in [0.3, 0.4) is 0 Å². The van der Waals surface area contributed by atoms with E-state index in [4.69, 9.17) is 5.73 Å². The summed E-state index contributed by atoms with van der Waals surface area (Å²) < 4.78 is 0. The van der Waals surface area contributed by atoms with Gasteiger partial charge < -0.3 is 11.1 Å². The van der Waals surface area contributed by atoms with Crippen LogP contribution in [0.25, 0.3) is 0 Å². The lowest BCUT2D eigenvalue weighted by Gasteiger charge is -2.17. The molecule has 3 heteroatoms. The molecule has 0 aliphatic carbocycles. The molecule has 0 amide bonds. The van der Waals surface area contributed by atoms with E-state index in [0.29, 0.717) is 6.04 Å². The Balaban J connectivity index is 0.000000132. The Bertz CT molecular complexity index is 168. The van der Waals surface area contributed by atoms with Crippen LogP contribution in [0, 0.1) is 0 Å². The third kappa shape index (κ3) is 5.33. The summed E-state index contributed by atoms with van der Waals surface area (Å²) in [6.45, 7) is 2.22. The minimum absolute atomic E-state index is 0.473. The van der Waals surface area contributed by atoms with Crippen LogP contribution in [0.15, 0.2) is 30.6 Å². The molecule has 0 aromatic carbocycles. The van der Waals surface area contributed by atoms with Crippen molar-refractivity contribution in [3.05, 3.63) is 30.6 Å². The van der Waals surface area contributed by atoms with Crippen LogP contribution >= 0.6 is 0 Å². The maximum atomic E-state index is 5.59. The maximum absolute atomic E-state index is 5.59. The predicted molar refractivity (Wildman–Crippen MR) is 54.3 cm³/mol. The first-order valence-electron chi connectivity index (χ1n) is 4.71. The highest BCUT2D eigenvalue weighted by Crippen LogP contribution is 1.96. The van der Waals surface area contributed by atoms with Crippen molar-refractivity contribution in [1.29, 1.82) is 0 Å². The molecule has 2 rings (SSSR count). The minimum atomic E-state index is 0.473. The van der Waals surface area contributed by atoms with Crippen molar-refractivity contribution in [1.82, 2.24) is 10.3 Å². The van der Waals surface area contributed by atoms with Crippen molar-refractivity contribution < 1.29 is 0 Å². The number of pyridine rings is 1. The van der Waals surface area contributed by atoms with Gasteiger partial charge in [0.2, 0.25) is 0 Å². The number of nitrogens with zero attached hydrogens (tertiary/aromatic N) is 1. The van der Waals surface area contributed by atoms with Gasteiger partial charge in [-0.2, -0.15) is 0 Å². The van der Waals surface area contributed by atoms with Crippen LogP contribution in [0.4, 0.5) is 0 Å². The molecule has 1 saturated heterocycles. The highest BCUT2D eigenvalue weighted by molar-refractivity contribution is 4.88. The smallest absolute Gasteiger partial charge is 0.0267 e. The molecule has 1 aromatic rings. The van der Waals surface area contributed by atoms with Gasteiger partial charge in [0.05, 0.1) is 0 Å². The highest BCUT2D eigenvalue weighted by atomic mass is 14.9. The summed E-state index contributed by atoms with van der Waals surface area (Å²) in [6, 6.07) is 6.19. The SMILES string of the molecule is NC1CCNCC1.c1ccncc1. The van der Waals surface area contributed by atoms with Gasteiger partial charge in [-0.05, 0) is 38.1 Å². The van der Waals surface area contributed by atoms with Gasteiger partial charge in [0.25, 0.3) is 0 Å². The van der Waals surface area contributed by atoms with E-state index in [9.17, 15) is 0 Å². The first kappa shape index (κ1) is 10.2. The zero-order valence-electron chi connectivity index (χ0n) is 7.82. The van der Waals surface area contributed by atoms with Gasteiger partial charge in [0, 0.05) is 18.4 Å². The van der Waals surface area contributed by atoms with E-state index >= 15 is 0 Å². The Morgan fingerprint density at radius 1 is 1.08 bits per heavy atom. The summed E-state index contributed by atoms with van der Waals surface area (Å²) in [7, 11) is 0. The van der Waals surface area contributed by atoms with E-state index in [1.165, 1.54) is 0 Å². The number of piperidine rings is 1. The number of rotatable bonds is 0. The Labute approximate surface area is 79.4 Å². The highest BCUT2D eigenvalue weighted by Gasteiger charge is 2.05. The molecular weight excluding hydrogens is 162 g/mol. The molecule has 1 fully saturated rings. The Morgan fingerprint density at radius 3 is 1.92 bits per heavy atom.